The largest absolute Gasteiger partial charge is 0.352 e. The minimum absolute atomic E-state index is 0.155. The predicted octanol–water partition coefficient (Wildman–Crippen LogP) is 1.79. The Morgan fingerprint density at radius 2 is 2.00 bits per heavy atom. The zero-order chi connectivity index (χ0) is 12.5. The predicted molar refractivity (Wildman–Crippen MR) is 71.0 cm³/mol. The highest BCUT2D eigenvalue weighted by atomic mass is 16.2. The lowest BCUT2D eigenvalue weighted by atomic mass is 10.1. The molecular weight excluding hydrogens is 224 g/mol. The van der Waals surface area contributed by atoms with Gasteiger partial charge in [0.05, 0.1) is 0 Å². The quantitative estimate of drug-likeness (QED) is 0.851. The maximum absolute atomic E-state index is 12.1. The fourth-order valence-electron chi connectivity index (χ4n) is 3.01. The Labute approximate surface area is 108 Å². The molecule has 3 rings (SSSR count). The van der Waals surface area contributed by atoms with Crippen LogP contribution in [0.5, 0.6) is 0 Å². The van der Waals surface area contributed by atoms with Crippen molar-refractivity contribution >= 4 is 5.91 Å². The second-order valence-electron chi connectivity index (χ2n) is 5.57. The first-order valence-electron chi connectivity index (χ1n) is 6.86. The molecule has 0 spiro atoms. The third kappa shape index (κ3) is 2.27. The molecule has 96 valence electrons. The second kappa shape index (κ2) is 4.73. The zero-order valence-electron chi connectivity index (χ0n) is 10.5. The van der Waals surface area contributed by atoms with Crippen LogP contribution in [0.25, 0.3) is 0 Å². The summed E-state index contributed by atoms with van der Waals surface area (Å²) in [5, 5.41) is 3.13. The summed E-state index contributed by atoms with van der Waals surface area (Å²) in [6.45, 7) is 0. The smallest absolute Gasteiger partial charge is 0.224 e. The van der Waals surface area contributed by atoms with Crippen molar-refractivity contribution < 1.29 is 4.79 Å². The van der Waals surface area contributed by atoms with Crippen molar-refractivity contribution in [2.24, 2.45) is 11.7 Å². The number of rotatable bonds is 3. The number of carbonyl (C=O) groups is 1. The Morgan fingerprint density at radius 1 is 1.22 bits per heavy atom. The Balaban J connectivity index is 1.56. The monoisotopic (exact) mass is 244 g/mol. The average molecular weight is 244 g/mol. The van der Waals surface area contributed by atoms with Gasteiger partial charge in [0.1, 0.15) is 0 Å². The van der Waals surface area contributed by atoms with E-state index in [4.69, 9.17) is 5.73 Å². The first kappa shape index (κ1) is 11.7. The number of hydrogen-bond acceptors (Lipinski definition) is 2. The molecule has 0 bridgehead atoms. The van der Waals surface area contributed by atoms with Crippen molar-refractivity contribution in [1.29, 1.82) is 0 Å². The van der Waals surface area contributed by atoms with Crippen LogP contribution < -0.4 is 11.1 Å². The number of carbonyl (C=O) groups excluding carboxylic acids is 1. The molecule has 4 unspecified atom stereocenters. The third-order valence-corrected chi connectivity index (χ3v) is 4.25. The third-order valence-electron chi connectivity index (χ3n) is 4.25. The summed E-state index contributed by atoms with van der Waals surface area (Å²) in [5.74, 6) is 0.787. The highest BCUT2D eigenvalue weighted by molar-refractivity contribution is 5.83. The van der Waals surface area contributed by atoms with E-state index in [1.165, 1.54) is 5.56 Å². The lowest BCUT2D eigenvalue weighted by molar-refractivity contribution is -0.123. The van der Waals surface area contributed by atoms with Gasteiger partial charge < -0.3 is 11.1 Å². The Hall–Kier alpha value is -1.35. The topological polar surface area (TPSA) is 55.1 Å². The van der Waals surface area contributed by atoms with Gasteiger partial charge in [-0.25, -0.2) is 0 Å². The van der Waals surface area contributed by atoms with Crippen molar-refractivity contribution in [2.75, 3.05) is 0 Å². The van der Waals surface area contributed by atoms with Crippen molar-refractivity contribution in [3.8, 4) is 0 Å². The van der Waals surface area contributed by atoms with E-state index < -0.39 is 0 Å². The molecule has 0 radical (unpaired) electrons. The van der Waals surface area contributed by atoms with Crippen molar-refractivity contribution in [2.45, 2.75) is 43.7 Å². The minimum Gasteiger partial charge on any atom is -0.352 e. The van der Waals surface area contributed by atoms with Gasteiger partial charge in [0, 0.05) is 18.0 Å². The van der Waals surface area contributed by atoms with Crippen LogP contribution in [0, 0.1) is 5.92 Å². The van der Waals surface area contributed by atoms with Gasteiger partial charge in [-0.1, -0.05) is 30.3 Å². The maximum Gasteiger partial charge on any atom is 0.224 e. The molecule has 2 aliphatic carbocycles. The van der Waals surface area contributed by atoms with E-state index in [-0.39, 0.29) is 23.9 Å². The second-order valence-corrected chi connectivity index (χ2v) is 5.57. The summed E-state index contributed by atoms with van der Waals surface area (Å²) < 4.78 is 0. The molecule has 2 fully saturated rings. The first-order valence-corrected chi connectivity index (χ1v) is 6.86. The Morgan fingerprint density at radius 3 is 2.67 bits per heavy atom. The molecule has 3 nitrogen and oxygen atoms in total. The maximum atomic E-state index is 12.1. The van der Waals surface area contributed by atoms with Gasteiger partial charge >= 0.3 is 0 Å². The molecule has 18 heavy (non-hydrogen) atoms. The van der Waals surface area contributed by atoms with Gasteiger partial charge in [-0.05, 0) is 37.2 Å². The van der Waals surface area contributed by atoms with Crippen LogP contribution in [-0.2, 0) is 4.79 Å². The Kier molecular flexibility index (Phi) is 3.08. The standard InChI is InChI=1S/C15H20N2O/c16-13-7-4-8-14(13)17-15(18)12-9-11(12)10-5-2-1-3-6-10/h1-3,5-6,11-14H,4,7-9,16H2,(H,17,18). The average Bonchev–Trinajstić information content (AvgIpc) is 3.10. The van der Waals surface area contributed by atoms with Gasteiger partial charge in [-0.2, -0.15) is 0 Å². The van der Waals surface area contributed by atoms with Crippen LogP contribution in [0.3, 0.4) is 0 Å². The van der Waals surface area contributed by atoms with E-state index >= 15 is 0 Å². The van der Waals surface area contributed by atoms with Gasteiger partial charge in [-0.15, -0.1) is 0 Å². The number of nitrogens with two attached hydrogens (primary N) is 1. The summed E-state index contributed by atoms with van der Waals surface area (Å²) in [6.07, 6.45) is 4.20. The van der Waals surface area contributed by atoms with Crippen LogP contribution in [0.4, 0.5) is 0 Å². The zero-order valence-corrected chi connectivity index (χ0v) is 10.5. The molecule has 1 aromatic rings. The summed E-state index contributed by atoms with van der Waals surface area (Å²) in [4.78, 5) is 12.1. The summed E-state index contributed by atoms with van der Waals surface area (Å²) >= 11 is 0. The molecule has 1 amide bonds. The van der Waals surface area contributed by atoms with Gasteiger partial charge in [-0.3, -0.25) is 4.79 Å². The summed E-state index contributed by atoms with van der Waals surface area (Å²) in [6, 6.07) is 10.7. The minimum atomic E-state index is 0.155. The number of benzene rings is 1. The highest BCUT2D eigenvalue weighted by Gasteiger charge is 2.44. The lowest BCUT2D eigenvalue weighted by Crippen LogP contribution is -2.44. The van der Waals surface area contributed by atoms with Gasteiger partial charge in [0.25, 0.3) is 0 Å². The van der Waals surface area contributed by atoms with Crippen LogP contribution in [0.1, 0.15) is 37.2 Å². The van der Waals surface area contributed by atoms with Crippen LogP contribution in [0.15, 0.2) is 30.3 Å². The molecule has 3 N–H and O–H groups in total. The normalized spacial score (nSPS) is 34.3. The molecule has 3 heteroatoms. The summed E-state index contributed by atoms with van der Waals surface area (Å²) in [7, 11) is 0. The van der Waals surface area contributed by atoms with Crippen molar-refractivity contribution in [1.82, 2.24) is 5.32 Å². The molecular formula is C15H20N2O. The van der Waals surface area contributed by atoms with Gasteiger partial charge in [0.15, 0.2) is 0 Å². The number of nitrogens with one attached hydrogen (secondary N) is 1. The molecule has 1 aromatic carbocycles. The van der Waals surface area contributed by atoms with E-state index in [2.05, 4.69) is 17.4 Å². The van der Waals surface area contributed by atoms with E-state index in [0.717, 1.165) is 25.7 Å². The van der Waals surface area contributed by atoms with Gasteiger partial charge in [0.2, 0.25) is 5.91 Å². The molecule has 0 aliphatic heterocycles. The molecule has 2 saturated carbocycles. The molecule has 0 heterocycles. The van der Waals surface area contributed by atoms with Crippen molar-refractivity contribution in [3.63, 3.8) is 0 Å². The number of amides is 1. The lowest BCUT2D eigenvalue weighted by Gasteiger charge is -2.17. The van der Waals surface area contributed by atoms with Crippen molar-refractivity contribution in [3.05, 3.63) is 35.9 Å². The molecule has 2 aliphatic rings. The Bertz CT molecular complexity index is 431. The van der Waals surface area contributed by atoms with Crippen LogP contribution >= 0.6 is 0 Å². The van der Waals surface area contributed by atoms with Crippen LogP contribution in [0.2, 0.25) is 0 Å². The van der Waals surface area contributed by atoms with Crippen LogP contribution in [-0.4, -0.2) is 18.0 Å². The molecule has 4 atom stereocenters. The fourth-order valence-corrected chi connectivity index (χ4v) is 3.01. The first-order chi connectivity index (χ1) is 8.75. The van der Waals surface area contributed by atoms with E-state index in [1.54, 1.807) is 0 Å². The van der Waals surface area contributed by atoms with E-state index in [0.29, 0.717) is 5.92 Å². The summed E-state index contributed by atoms with van der Waals surface area (Å²) in [5.41, 5.74) is 7.26. The molecule has 0 aromatic heterocycles. The van der Waals surface area contributed by atoms with E-state index in [1.807, 2.05) is 18.2 Å². The van der Waals surface area contributed by atoms with E-state index in [9.17, 15) is 4.79 Å². The SMILES string of the molecule is NC1CCCC1NC(=O)C1CC1c1ccccc1. The molecule has 0 saturated heterocycles. The fraction of sp³-hybridized carbons (Fsp3) is 0.533. The highest BCUT2D eigenvalue weighted by Crippen LogP contribution is 2.47. The number of hydrogen-bond donors (Lipinski definition) is 2.